The lowest BCUT2D eigenvalue weighted by molar-refractivity contribution is 0.276. The Labute approximate surface area is 125 Å². The quantitative estimate of drug-likeness (QED) is 0.778. The number of hydrogen-bond donors (Lipinski definition) is 2. The summed E-state index contributed by atoms with van der Waals surface area (Å²) < 4.78 is 1.79. The Morgan fingerprint density at radius 1 is 1.29 bits per heavy atom. The summed E-state index contributed by atoms with van der Waals surface area (Å²) in [6, 6.07) is 11.0. The van der Waals surface area contributed by atoms with Gasteiger partial charge in [-0.2, -0.15) is 0 Å². The molecule has 0 aliphatic heterocycles. The maximum Gasteiger partial charge on any atom is 0.0965 e. The van der Waals surface area contributed by atoms with E-state index in [0.717, 1.165) is 18.2 Å². The van der Waals surface area contributed by atoms with Gasteiger partial charge in [-0.3, -0.25) is 4.68 Å². The van der Waals surface area contributed by atoms with Crippen LogP contribution in [0.4, 0.5) is 0 Å². The second-order valence-corrected chi connectivity index (χ2v) is 5.66. The highest BCUT2D eigenvalue weighted by Crippen LogP contribution is 2.40. The highest BCUT2D eigenvalue weighted by molar-refractivity contribution is 5.21. The minimum absolute atomic E-state index is 0.186. The average Bonchev–Trinajstić information content (AvgIpc) is 3.26. The second-order valence-electron chi connectivity index (χ2n) is 5.66. The molecule has 2 N–H and O–H groups in total. The highest BCUT2D eigenvalue weighted by atomic mass is 16.3. The first-order chi connectivity index (χ1) is 10.4. The van der Waals surface area contributed by atoms with E-state index in [9.17, 15) is 0 Å². The van der Waals surface area contributed by atoms with Gasteiger partial charge in [-0.15, -0.1) is 5.10 Å². The van der Waals surface area contributed by atoms with Crippen LogP contribution in [-0.4, -0.2) is 26.7 Å². The maximum atomic E-state index is 8.83. The molecule has 0 amide bonds. The van der Waals surface area contributed by atoms with Crippen LogP contribution in [0.2, 0.25) is 0 Å². The number of aryl methyl sites for hydroxylation is 1. The Morgan fingerprint density at radius 2 is 2.10 bits per heavy atom. The number of aromatic nitrogens is 3. The number of rotatable bonds is 8. The molecule has 1 aliphatic carbocycles. The van der Waals surface area contributed by atoms with E-state index in [0.29, 0.717) is 19.0 Å². The summed E-state index contributed by atoms with van der Waals surface area (Å²) in [6.07, 6.45) is 5.27. The lowest BCUT2D eigenvalue weighted by atomic mass is 10.0. The average molecular weight is 286 g/mol. The van der Waals surface area contributed by atoms with Crippen LogP contribution < -0.4 is 5.32 Å². The van der Waals surface area contributed by atoms with Gasteiger partial charge in [0.15, 0.2) is 0 Å². The van der Waals surface area contributed by atoms with Crippen LogP contribution in [0.3, 0.4) is 0 Å². The third kappa shape index (κ3) is 3.89. The minimum Gasteiger partial charge on any atom is -0.396 e. The fraction of sp³-hybridized carbons (Fsp3) is 0.500. The molecule has 1 atom stereocenters. The Kier molecular flexibility index (Phi) is 4.62. The van der Waals surface area contributed by atoms with E-state index in [1.165, 1.54) is 18.4 Å². The van der Waals surface area contributed by atoms with Gasteiger partial charge in [0.2, 0.25) is 0 Å². The van der Waals surface area contributed by atoms with Crippen LogP contribution in [-0.2, 0) is 13.1 Å². The zero-order valence-electron chi connectivity index (χ0n) is 12.2. The molecule has 0 radical (unpaired) electrons. The van der Waals surface area contributed by atoms with Crippen LogP contribution in [0, 0.1) is 5.92 Å². The first-order valence-electron chi connectivity index (χ1n) is 7.65. The Morgan fingerprint density at radius 3 is 2.81 bits per heavy atom. The van der Waals surface area contributed by atoms with Crippen molar-refractivity contribution in [2.75, 3.05) is 6.61 Å². The van der Waals surface area contributed by atoms with Gasteiger partial charge in [-0.1, -0.05) is 35.5 Å². The van der Waals surface area contributed by atoms with Gasteiger partial charge < -0.3 is 10.4 Å². The van der Waals surface area contributed by atoms with Crippen molar-refractivity contribution < 1.29 is 5.11 Å². The van der Waals surface area contributed by atoms with Gasteiger partial charge in [0.25, 0.3) is 0 Å². The van der Waals surface area contributed by atoms with E-state index in [1.807, 2.05) is 6.20 Å². The van der Waals surface area contributed by atoms with E-state index in [1.54, 1.807) is 4.68 Å². The molecule has 1 fully saturated rings. The number of nitrogens with one attached hydrogen (secondary N) is 1. The molecule has 5 nitrogen and oxygen atoms in total. The summed E-state index contributed by atoms with van der Waals surface area (Å²) in [5.74, 6) is 0.747. The normalized spacial score (nSPS) is 16.0. The molecular weight excluding hydrogens is 264 g/mol. The van der Waals surface area contributed by atoms with E-state index < -0.39 is 0 Å². The molecule has 1 aliphatic rings. The molecule has 0 bridgehead atoms. The van der Waals surface area contributed by atoms with Gasteiger partial charge in [-0.05, 0) is 30.7 Å². The van der Waals surface area contributed by atoms with Gasteiger partial charge in [0.1, 0.15) is 0 Å². The Hall–Kier alpha value is -1.72. The fourth-order valence-corrected chi connectivity index (χ4v) is 2.62. The number of aliphatic hydroxyl groups excluding tert-OH is 1. The lowest BCUT2D eigenvalue weighted by Gasteiger charge is -2.17. The summed E-state index contributed by atoms with van der Waals surface area (Å²) >= 11 is 0. The standard InChI is InChI=1S/C16H22N4O/c21-10-4-9-20-12-15(18-19-20)11-17-16(14-7-8-14)13-5-2-1-3-6-13/h1-3,5-6,12,14,16-17,21H,4,7-11H2. The number of aliphatic hydroxyl groups is 1. The first kappa shape index (κ1) is 14.2. The van der Waals surface area contributed by atoms with Crippen LogP contribution in [0.5, 0.6) is 0 Å². The molecule has 0 saturated heterocycles. The van der Waals surface area contributed by atoms with Crippen molar-refractivity contribution in [3.8, 4) is 0 Å². The van der Waals surface area contributed by atoms with Crippen LogP contribution in [0.25, 0.3) is 0 Å². The molecule has 1 unspecified atom stereocenters. The summed E-state index contributed by atoms with van der Waals surface area (Å²) in [5.41, 5.74) is 2.31. The van der Waals surface area contributed by atoms with Crippen molar-refractivity contribution in [3.05, 3.63) is 47.8 Å². The second kappa shape index (κ2) is 6.83. The van der Waals surface area contributed by atoms with Gasteiger partial charge in [0.05, 0.1) is 5.69 Å². The van der Waals surface area contributed by atoms with Crippen LogP contribution in [0.1, 0.15) is 36.6 Å². The van der Waals surface area contributed by atoms with Crippen molar-refractivity contribution in [2.45, 2.75) is 38.4 Å². The van der Waals surface area contributed by atoms with Gasteiger partial charge in [-0.25, -0.2) is 0 Å². The van der Waals surface area contributed by atoms with Crippen molar-refractivity contribution in [1.82, 2.24) is 20.3 Å². The van der Waals surface area contributed by atoms with Crippen LogP contribution >= 0.6 is 0 Å². The largest absolute Gasteiger partial charge is 0.396 e. The Bertz CT molecular complexity index is 550. The number of benzene rings is 1. The van der Waals surface area contributed by atoms with Crippen molar-refractivity contribution in [2.24, 2.45) is 5.92 Å². The molecule has 1 saturated carbocycles. The zero-order chi connectivity index (χ0) is 14.5. The van der Waals surface area contributed by atoms with Gasteiger partial charge >= 0.3 is 0 Å². The molecule has 2 aromatic rings. The Balaban J connectivity index is 1.58. The zero-order valence-corrected chi connectivity index (χ0v) is 12.2. The summed E-state index contributed by atoms with van der Waals surface area (Å²) in [5, 5.41) is 20.7. The van der Waals surface area contributed by atoms with E-state index >= 15 is 0 Å². The fourth-order valence-electron chi connectivity index (χ4n) is 2.62. The van der Waals surface area contributed by atoms with E-state index in [4.69, 9.17) is 5.11 Å². The third-order valence-corrected chi connectivity index (χ3v) is 3.89. The predicted octanol–water partition coefficient (Wildman–Crippen LogP) is 1.90. The highest BCUT2D eigenvalue weighted by Gasteiger charge is 2.31. The molecule has 21 heavy (non-hydrogen) atoms. The first-order valence-corrected chi connectivity index (χ1v) is 7.65. The molecule has 1 aromatic carbocycles. The maximum absolute atomic E-state index is 8.83. The van der Waals surface area contributed by atoms with Crippen molar-refractivity contribution in [1.29, 1.82) is 0 Å². The molecule has 3 rings (SSSR count). The molecule has 1 aromatic heterocycles. The molecule has 1 heterocycles. The molecular formula is C16H22N4O. The van der Waals surface area contributed by atoms with Crippen molar-refractivity contribution in [3.63, 3.8) is 0 Å². The molecule has 5 heteroatoms. The smallest absolute Gasteiger partial charge is 0.0965 e. The lowest BCUT2D eigenvalue weighted by Crippen LogP contribution is -2.22. The van der Waals surface area contributed by atoms with Crippen molar-refractivity contribution >= 4 is 0 Å². The summed E-state index contributed by atoms with van der Waals surface area (Å²) in [4.78, 5) is 0. The summed E-state index contributed by atoms with van der Waals surface area (Å²) in [6.45, 7) is 1.63. The van der Waals surface area contributed by atoms with Gasteiger partial charge in [0, 0.05) is 31.9 Å². The molecule has 112 valence electrons. The monoisotopic (exact) mass is 286 g/mol. The SMILES string of the molecule is OCCCn1cc(CNC(c2ccccc2)C2CC2)nn1. The van der Waals surface area contributed by atoms with Crippen LogP contribution in [0.15, 0.2) is 36.5 Å². The minimum atomic E-state index is 0.186. The summed E-state index contributed by atoms with van der Waals surface area (Å²) in [7, 11) is 0. The third-order valence-electron chi connectivity index (χ3n) is 3.89. The van der Waals surface area contributed by atoms with E-state index in [-0.39, 0.29) is 6.61 Å². The van der Waals surface area contributed by atoms with E-state index in [2.05, 4.69) is 46.0 Å². The topological polar surface area (TPSA) is 63.0 Å². The predicted molar refractivity (Wildman–Crippen MR) is 80.5 cm³/mol. The molecule has 0 spiro atoms. The number of hydrogen-bond acceptors (Lipinski definition) is 4. The number of nitrogens with zero attached hydrogens (tertiary/aromatic N) is 3.